The van der Waals surface area contributed by atoms with Gasteiger partial charge >= 0.3 is 0 Å². The molecule has 8 heteroatoms. The second-order valence-electron chi connectivity index (χ2n) is 6.07. The van der Waals surface area contributed by atoms with Crippen LogP contribution in [0.25, 0.3) is 21.8 Å². The summed E-state index contributed by atoms with van der Waals surface area (Å²) < 4.78 is 26.5. The first-order chi connectivity index (χ1) is 13.2. The predicted molar refractivity (Wildman–Crippen MR) is 107 cm³/mol. The van der Waals surface area contributed by atoms with E-state index in [2.05, 4.69) is 9.97 Å². The molecule has 144 valence electrons. The molecule has 2 aromatic carbocycles. The maximum atomic E-state index is 13.3. The van der Waals surface area contributed by atoms with Crippen LogP contribution in [0.5, 0.6) is 5.75 Å². The number of benzene rings is 2. The molecule has 0 aliphatic rings. The Hall–Kier alpha value is -2.70. The van der Waals surface area contributed by atoms with Crippen molar-refractivity contribution >= 4 is 45.0 Å². The van der Waals surface area contributed by atoms with Crippen LogP contribution in [-0.4, -0.2) is 15.1 Å². The number of aromatic hydroxyl groups is 1. The molecule has 0 unspecified atom stereocenters. The Labute approximate surface area is 168 Å². The number of aromatic nitrogens is 2. The molecule has 2 N–H and O–H groups in total. The fourth-order valence-corrected chi connectivity index (χ4v) is 3.12. The van der Waals surface area contributed by atoms with E-state index in [9.17, 15) is 18.7 Å². The fraction of sp³-hybridized carbons (Fsp3) is 0.100. The van der Waals surface area contributed by atoms with E-state index in [0.717, 1.165) is 0 Å². The van der Waals surface area contributed by atoms with Crippen molar-refractivity contribution in [2.75, 3.05) is 0 Å². The monoisotopic (exact) mass is 422 g/mol. The highest BCUT2D eigenvalue weighted by Gasteiger charge is 2.11. The molecule has 0 atom stereocenters. The molecule has 0 amide bonds. The molecule has 0 aliphatic heterocycles. The van der Waals surface area contributed by atoms with E-state index in [1.54, 1.807) is 25.1 Å². The summed E-state index contributed by atoms with van der Waals surface area (Å²) in [6, 6.07) is 8.91. The third-order valence-corrected chi connectivity index (χ3v) is 5.13. The van der Waals surface area contributed by atoms with Crippen LogP contribution in [0.4, 0.5) is 8.78 Å². The van der Waals surface area contributed by atoms with E-state index in [-0.39, 0.29) is 27.5 Å². The number of nitrogens with zero attached hydrogens (tertiary/aromatic N) is 1. The lowest BCUT2D eigenvalue weighted by molar-refractivity contribution is 0.475. The maximum absolute atomic E-state index is 13.3. The van der Waals surface area contributed by atoms with Crippen molar-refractivity contribution in [1.29, 1.82) is 0 Å². The summed E-state index contributed by atoms with van der Waals surface area (Å²) in [5.41, 5.74) is 0.656. The quantitative estimate of drug-likeness (QED) is 0.358. The van der Waals surface area contributed by atoms with Crippen molar-refractivity contribution in [2.24, 2.45) is 0 Å². The van der Waals surface area contributed by atoms with E-state index in [0.29, 0.717) is 21.4 Å². The maximum Gasteiger partial charge on any atom is 0.255 e. The molecule has 0 saturated carbocycles. The van der Waals surface area contributed by atoms with Gasteiger partial charge in [-0.2, -0.15) is 0 Å². The third-order valence-electron chi connectivity index (χ3n) is 4.27. The minimum Gasteiger partial charge on any atom is -0.507 e. The number of hydrogen-bond donors (Lipinski definition) is 2. The van der Waals surface area contributed by atoms with E-state index in [1.807, 2.05) is 0 Å². The molecule has 4 nitrogen and oxygen atoms in total. The number of rotatable bonds is 0. The Bertz CT molecular complexity index is 1270. The molecular formula is C20H14Cl2F2N2O2. The van der Waals surface area contributed by atoms with Gasteiger partial charge in [-0.1, -0.05) is 41.4 Å². The number of nitrogens with one attached hydrogen (secondary N) is 1. The molecule has 0 fully saturated rings. The zero-order valence-corrected chi connectivity index (χ0v) is 16.3. The van der Waals surface area contributed by atoms with Gasteiger partial charge in [0.05, 0.1) is 16.1 Å². The van der Waals surface area contributed by atoms with Crippen LogP contribution in [0.2, 0.25) is 10.2 Å². The van der Waals surface area contributed by atoms with Gasteiger partial charge in [0.15, 0.2) is 0 Å². The second kappa shape index (κ2) is 7.73. The number of pyridine rings is 2. The first-order valence-corrected chi connectivity index (χ1v) is 8.87. The zero-order chi connectivity index (χ0) is 20.6. The number of H-pyrrole nitrogens is 1. The molecule has 28 heavy (non-hydrogen) atoms. The zero-order valence-electron chi connectivity index (χ0n) is 14.8. The first kappa shape index (κ1) is 20.0. The standard InChI is InChI=1S/C10H6Cl2FN.C10H8FNO2/c1-5-8(11)6-3-2-4-7(13)9(6)14-10(5)12;1-5-9(13)6-3-2-4-7(11)8(6)12-10(5)14/h2-4H,1H3;2-4H,1H3,(H2,12,13,14). The van der Waals surface area contributed by atoms with E-state index in [1.165, 1.54) is 25.1 Å². The second-order valence-corrected chi connectivity index (χ2v) is 6.80. The molecule has 0 spiro atoms. The minimum atomic E-state index is -0.546. The Kier molecular flexibility index (Phi) is 5.54. The predicted octanol–water partition coefficient (Wildman–Crippen LogP) is 5.67. The summed E-state index contributed by atoms with van der Waals surface area (Å²) in [4.78, 5) is 17.5. The molecule has 4 rings (SSSR count). The van der Waals surface area contributed by atoms with Crippen LogP contribution < -0.4 is 5.56 Å². The normalized spacial score (nSPS) is 10.8. The van der Waals surface area contributed by atoms with Gasteiger partial charge in [0.2, 0.25) is 0 Å². The molecule has 0 aliphatic carbocycles. The molecule has 0 saturated heterocycles. The highest BCUT2D eigenvalue weighted by Crippen LogP contribution is 2.31. The highest BCUT2D eigenvalue weighted by molar-refractivity contribution is 6.39. The van der Waals surface area contributed by atoms with Gasteiger partial charge in [0, 0.05) is 16.3 Å². The fourth-order valence-electron chi connectivity index (χ4n) is 2.65. The van der Waals surface area contributed by atoms with Gasteiger partial charge < -0.3 is 10.1 Å². The van der Waals surface area contributed by atoms with Gasteiger partial charge in [0.25, 0.3) is 5.56 Å². The van der Waals surface area contributed by atoms with Crippen LogP contribution >= 0.6 is 23.2 Å². The van der Waals surface area contributed by atoms with Crippen LogP contribution in [0.3, 0.4) is 0 Å². The van der Waals surface area contributed by atoms with Gasteiger partial charge in [-0.05, 0) is 32.0 Å². The highest BCUT2D eigenvalue weighted by atomic mass is 35.5. The number of hydrogen-bond acceptors (Lipinski definition) is 3. The van der Waals surface area contributed by atoms with E-state index in [4.69, 9.17) is 23.2 Å². The SMILES string of the molecule is Cc1c(Cl)nc2c(F)cccc2c1Cl.Cc1c(O)c2cccc(F)c2[nH]c1=O. The third kappa shape index (κ3) is 3.53. The number of halogens is 4. The lowest BCUT2D eigenvalue weighted by atomic mass is 10.1. The summed E-state index contributed by atoms with van der Waals surface area (Å²) in [6.07, 6.45) is 0. The van der Waals surface area contributed by atoms with Crippen LogP contribution in [0, 0.1) is 25.5 Å². The molecule has 2 aromatic heterocycles. The lowest BCUT2D eigenvalue weighted by Crippen LogP contribution is -2.09. The Morgan fingerprint density at radius 3 is 2.25 bits per heavy atom. The summed E-state index contributed by atoms with van der Waals surface area (Å²) in [6.45, 7) is 3.24. The number of para-hydroxylation sites is 2. The minimum absolute atomic E-state index is 0.0422. The average molecular weight is 423 g/mol. The lowest BCUT2D eigenvalue weighted by Gasteiger charge is -2.05. The topological polar surface area (TPSA) is 66.0 Å². The van der Waals surface area contributed by atoms with Crippen LogP contribution in [0.15, 0.2) is 41.2 Å². The molecule has 2 heterocycles. The average Bonchev–Trinajstić information content (AvgIpc) is 2.67. The van der Waals surface area contributed by atoms with Crippen molar-refractivity contribution in [2.45, 2.75) is 13.8 Å². The van der Waals surface area contributed by atoms with Crippen molar-refractivity contribution in [3.05, 3.63) is 79.7 Å². The number of aromatic amines is 1. The van der Waals surface area contributed by atoms with Crippen molar-refractivity contribution in [3.63, 3.8) is 0 Å². The molecule has 4 aromatic rings. The van der Waals surface area contributed by atoms with Gasteiger partial charge in [-0.25, -0.2) is 13.8 Å². The molecule has 0 radical (unpaired) electrons. The summed E-state index contributed by atoms with van der Waals surface area (Å²) in [7, 11) is 0. The molecule has 0 bridgehead atoms. The van der Waals surface area contributed by atoms with Gasteiger partial charge in [-0.15, -0.1) is 0 Å². The molecular weight excluding hydrogens is 409 g/mol. The van der Waals surface area contributed by atoms with Gasteiger partial charge in [-0.3, -0.25) is 4.79 Å². The van der Waals surface area contributed by atoms with Crippen molar-refractivity contribution in [1.82, 2.24) is 9.97 Å². The van der Waals surface area contributed by atoms with Crippen LogP contribution in [-0.2, 0) is 0 Å². The van der Waals surface area contributed by atoms with Crippen molar-refractivity contribution < 1.29 is 13.9 Å². The van der Waals surface area contributed by atoms with Crippen molar-refractivity contribution in [3.8, 4) is 5.75 Å². The smallest absolute Gasteiger partial charge is 0.255 e. The Balaban J connectivity index is 0.000000161. The Morgan fingerprint density at radius 2 is 1.57 bits per heavy atom. The first-order valence-electron chi connectivity index (χ1n) is 8.12. The Morgan fingerprint density at radius 1 is 0.964 bits per heavy atom. The van der Waals surface area contributed by atoms with Crippen LogP contribution in [0.1, 0.15) is 11.1 Å². The van der Waals surface area contributed by atoms with E-state index < -0.39 is 17.2 Å². The largest absolute Gasteiger partial charge is 0.507 e. The van der Waals surface area contributed by atoms with Gasteiger partial charge in [0.1, 0.15) is 28.1 Å². The summed E-state index contributed by atoms with van der Waals surface area (Å²) >= 11 is 11.8. The summed E-state index contributed by atoms with van der Waals surface area (Å²) in [5, 5.41) is 11.2. The van der Waals surface area contributed by atoms with E-state index >= 15 is 0 Å². The summed E-state index contributed by atoms with van der Waals surface area (Å²) in [5.74, 6) is -1.12. The number of fused-ring (bicyclic) bond motifs is 2.